The Balaban J connectivity index is 2.24. The molecule has 4 nitrogen and oxygen atoms in total. The molecule has 1 aromatic carbocycles. The van der Waals surface area contributed by atoms with Crippen LogP contribution in [0.25, 0.3) is 0 Å². The molecule has 1 unspecified atom stereocenters. The molecule has 0 aliphatic rings. The normalized spacial score (nSPS) is 12.6. The van der Waals surface area contributed by atoms with Crippen LogP contribution in [-0.2, 0) is 13.0 Å². The van der Waals surface area contributed by atoms with E-state index < -0.39 is 0 Å². The SMILES string of the molecule is CCCn1ncnc1CC(NCC)c1cc(Br)cc(Br)c1. The molecule has 0 saturated heterocycles. The second-order valence-corrected chi connectivity index (χ2v) is 6.75. The van der Waals surface area contributed by atoms with Crippen molar-refractivity contribution < 1.29 is 0 Å². The Bertz CT molecular complexity index is 563. The Morgan fingerprint density at radius 3 is 2.52 bits per heavy atom. The van der Waals surface area contributed by atoms with Crippen LogP contribution in [-0.4, -0.2) is 21.3 Å². The maximum Gasteiger partial charge on any atom is 0.138 e. The number of nitrogens with one attached hydrogen (secondary N) is 1. The maximum absolute atomic E-state index is 4.42. The molecule has 2 aromatic rings. The van der Waals surface area contributed by atoms with E-state index in [9.17, 15) is 0 Å². The number of benzene rings is 1. The second-order valence-electron chi connectivity index (χ2n) is 4.92. The van der Waals surface area contributed by atoms with Crippen molar-refractivity contribution in [2.75, 3.05) is 6.54 Å². The van der Waals surface area contributed by atoms with Crippen LogP contribution >= 0.6 is 31.9 Å². The minimum absolute atomic E-state index is 0.226. The van der Waals surface area contributed by atoms with Crippen molar-refractivity contribution in [1.82, 2.24) is 20.1 Å². The fraction of sp³-hybridized carbons (Fsp3) is 0.467. The van der Waals surface area contributed by atoms with E-state index in [-0.39, 0.29) is 6.04 Å². The number of aromatic nitrogens is 3. The van der Waals surface area contributed by atoms with E-state index in [4.69, 9.17) is 0 Å². The topological polar surface area (TPSA) is 42.7 Å². The van der Waals surface area contributed by atoms with E-state index in [0.29, 0.717) is 0 Å². The fourth-order valence-electron chi connectivity index (χ4n) is 2.36. The van der Waals surface area contributed by atoms with Crippen molar-refractivity contribution in [3.8, 4) is 0 Å². The molecule has 6 heteroatoms. The Kier molecular flexibility index (Phi) is 6.39. The third kappa shape index (κ3) is 4.63. The molecule has 0 aliphatic heterocycles. The Morgan fingerprint density at radius 1 is 1.19 bits per heavy atom. The third-order valence-corrected chi connectivity index (χ3v) is 4.17. The summed E-state index contributed by atoms with van der Waals surface area (Å²) in [5, 5.41) is 7.85. The number of hydrogen-bond donors (Lipinski definition) is 1. The Morgan fingerprint density at radius 2 is 1.90 bits per heavy atom. The van der Waals surface area contributed by atoms with Gasteiger partial charge in [-0.1, -0.05) is 45.7 Å². The van der Waals surface area contributed by atoms with Crippen molar-refractivity contribution >= 4 is 31.9 Å². The second kappa shape index (κ2) is 8.06. The molecule has 0 aliphatic carbocycles. The van der Waals surface area contributed by atoms with Gasteiger partial charge >= 0.3 is 0 Å². The van der Waals surface area contributed by atoms with Gasteiger partial charge in [0.2, 0.25) is 0 Å². The molecular weight excluding hydrogens is 396 g/mol. The number of halogens is 2. The first kappa shape index (κ1) is 16.6. The largest absolute Gasteiger partial charge is 0.310 e. The number of nitrogens with zero attached hydrogens (tertiary/aromatic N) is 3. The predicted octanol–water partition coefficient (Wildman–Crippen LogP) is 4.11. The van der Waals surface area contributed by atoms with Crippen molar-refractivity contribution in [2.45, 2.75) is 39.3 Å². The molecule has 114 valence electrons. The zero-order valence-corrected chi connectivity index (χ0v) is 15.5. The first-order chi connectivity index (χ1) is 10.1. The van der Waals surface area contributed by atoms with E-state index >= 15 is 0 Å². The highest BCUT2D eigenvalue weighted by Gasteiger charge is 2.16. The molecule has 0 amide bonds. The molecule has 21 heavy (non-hydrogen) atoms. The van der Waals surface area contributed by atoms with Crippen LogP contribution in [0.3, 0.4) is 0 Å². The lowest BCUT2D eigenvalue weighted by Gasteiger charge is -2.19. The van der Waals surface area contributed by atoms with Gasteiger partial charge < -0.3 is 5.32 Å². The van der Waals surface area contributed by atoms with Crippen LogP contribution in [0.2, 0.25) is 0 Å². The van der Waals surface area contributed by atoms with Gasteiger partial charge in [-0.2, -0.15) is 5.10 Å². The zero-order valence-electron chi connectivity index (χ0n) is 12.3. The minimum atomic E-state index is 0.226. The van der Waals surface area contributed by atoms with Gasteiger partial charge in [-0.3, -0.25) is 4.68 Å². The summed E-state index contributed by atoms with van der Waals surface area (Å²) in [5.41, 5.74) is 1.24. The highest BCUT2D eigenvalue weighted by molar-refractivity contribution is 9.11. The number of rotatable bonds is 7. The molecule has 2 rings (SSSR count). The van der Waals surface area contributed by atoms with Crippen LogP contribution in [0.1, 0.15) is 37.7 Å². The van der Waals surface area contributed by atoms with Gasteiger partial charge in [-0.05, 0) is 36.7 Å². The number of likely N-dealkylation sites (N-methyl/N-ethyl adjacent to an activating group) is 1. The van der Waals surface area contributed by atoms with Crippen molar-refractivity contribution in [1.29, 1.82) is 0 Å². The van der Waals surface area contributed by atoms with Crippen LogP contribution in [0, 0.1) is 0 Å². The number of aryl methyl sites for hydroxylation is 1. The highest BCUT2D eigenvalue weighted by Crippen LogP contribution is 2.26. The van der Waals surface area contributed by atoms with Crippen molar-refractivity contribution in [3.63, 3.8) is 0 Å². The van der Waals surface area contributed by atoms with E-state index in [1.54, 1.807) is 6.33 Å². The van der Waals surface area contributed by atoms with Gasteiger partial charge in [0.05, 0.1) is 0 Å². The summed E-state index contributed by atoms with van der Waals surface area (Å²) in [5.74, 6) is 1.03. The molecule has 0 bridgehead atoms. The summed E-state index contributed by atoms with van der Waals surface area (Å²) in [4.78, 5) is 4.42. The molecule has 1 aromatic heterocycles. The summed E-state index contributed by atoms with van der Waals surface area (Å²) in [6, 6.07) is 6.58. The highest BCUT2D eigenvalue weighted by atomic mass is 79.9. The van der Waals surface area contributed by atoms with Gasteiger partial charge in [0.1, 0.15) is 12.2 Å². The summed E-state index contributed by atoms with van der Waals surface area (Å²) < 4.78 is 4.15. The van der Waals surface area contributed by atoms with Crippen LogP contribution < -0.4 is 5.32 Å². The van der Waals surface area contributed by atoms with Gasteiger partial charge in [0, 0.05) is 28.0 Å². The van der Waals surface area contributed by atoms with E-state index in [0.717, 1.165) is 40.7 Å². The average molecular weight is 416 g/mol. The molecule has 0 spiro atoms. The lowest BCUT2D eigenvalue weighted by Crippen LogP contribution is -2.24. The summed E-state index contributed by atoms with van der Waals surface area (Å²) in [6.07, 6.45) is 3.53. The molecule has 1 N–H and O–H groups in total. The summed E-state index contributed by atoms with van der Waals surface area (Å²) >= 11 is 7.12. The standard InChI is InChI=1S/C15H20Br2N4/c1-3-5-21-15(19-10-20-21)9-14(18-4-2)11-6-12(16)8-13(17)7-11/h6-8,10,14,18H,3-5,9H2,1-2H3. The fourth-order valence-corrected chi connectivity index (χ4v) is 3.69. The van der Waals surface area contributed by atoms with E-state index in [1.165, 1.54) is 5.56 Å². The predicted molar refractivity (Wildman–Crippen MR) is 92.3 cm³/mol. The first-order valence-corrected chi connectivity index (χ1v) is 8.78. The van der Waals surface area contributed by atoms with E-state index in [2.05, 4.69) is 73.2 Å². The maximum atomic E-state index is 4.42. The zero-order chi connectivity index (χ0) is 15.2. The Labute approximate surface area is 142 Å². The molecule has 0 fully saturated rings. The molecule has 1 heterocycles. The van der Waals surface area contributed by atoms with Crippen molar-refractivity contribution in [2.24, 2.45) is 0 Å². The van der Waals surface area contributed by atoms with Crippen molar-refractivity contribution in [3.05, 3.63) is 44.9 Å². The quantitative estimate of drug-likeness (QED) is 0.739. The lowest BCUT2D eigenvalue weighted by atomic mass is 10.0. The van der Waals surface area contributed by atoms with Gasteiger partial charge in [-0.25, -0.2) is 4.98 Å². The number of hydrogen-bond acceptors (Lipinski definition) is 3. The summed E-state index contributed by atoms with van der Waals surface area (Å²) in [7, 11) is 0. The average Bonchev–Trinajstić information content (AvgIpc) is 2.85. The van der Waals surface area contributed by atoms with Gasteiger partial charge in [0.25, 0.3) is 0 Å². The smallest absolute Gasteiger partial charge is 0.138 e. The van der Waals surface area contributed by atoms with Crippen LogP contribution in [0.4, 0.5) is 0 Å². The lowest BCUT2D eigenvalue weighted by molar-refractivity contribution is 0.498. The third-order valence-electron chi connectivity index (χ3n) is 3.26. The first-order valence-electron chi connectivity index (χ1n) is 7.20. The van der Waals surface area contributed by atoms with Crippen LogP contribution in [0.5, 0.6) is 0 Å². The van der Waals surface area contributed by atoms with Gasteiger partial charge in [0.15, 0.2) is 0 Å². The van der Waals surface area contributed by atoms with E-state index in [1.807, 2.05) is 10.7 Å². The monoisotopic (exact) mass is 414 g/mol. The Hall–Kier alpha value is -0.720. The summed E-state index contributed by atoms with van der Waals surface area (Å²) in [6.45, 7) is 6.10. The molecule has 0 saturated carbocycles. The molecular formula is C15H20Br2N4. The molecule has 0 radical (unpaired) electrons. The van der Waals surface area contributed by atoms with Gasteiger partial charge in [-0.15, -0.1) is 0 Å². The minimum Gasteiger partial charge on any atom is -0.310 e. The van der Waals surface area contributed by atoms with Crippen LogP contribution in [0.15, 0.2) is 33.5 Å². The molecule has 1 atom stereocenters.